The van der Waals surface area contributed by atoms with Crippen molar-refractivity contribution in [2.75, 3.05) is 6.54 Å². The minimum atomic E-state index is -0.0313. The Morgan fingerprint density at radius 1 is 0.929 bits per heavy atom. The van der Waals surface area contributed by atoms with Crippen LogP contribution >= 0.6 is 11.9 Å². The average molecular weight is 580 g/mol. The van der Waals surface area contributed by atoms with Gasteiger partial charge in [0, 0.05) is 30.6 Å². The number of aryl methyl sites for hydroxylation is 2. The third-order valence-corrected chi connectivity index (χ3v) is 8.41. The van der Waals surface area contributed by atoms with Crippen molar-refractivity contribution in [3.8, 4) is 0 Å². The molecule has 7 heteroatoms. The molecular weight excluding hydrogens is 538 g/mol. The van der Waals surface area contributed by atoms with E-state index in [9.17, 15) is 4.79 Å². The standard InChI is InChI=1S/C35H41N5OS/c1-5-39-33(37-40(34(39)41)25-27-16-20-30(21-17-27)35(2,3)4)13-9-10-26-14-18-28(19-15-26)29-22-31(24-36-23-29)38-42-32-11-7-6-8-12-32/h6-8,11-12,14-22,24,36,38H,5,9-10,13,23,25H2,1-4H3. The lowest BCUT2D eigenvalue weighted by molar-refractivity contribution is 0.588. The van der Waals surface area contributed by atoms with Crippen LogP contribution in [-0.2, 0) is 31.3 Å². The maximum absolute atomic E-state index is 13.1. The summed E-state index contributed by atoms with van der Waals surface area (Å²) in [5.41, 5.74) is 7.28. The fourth-order valence-electron chi connectivity index (χ4n) is 5.11. The summed E-state index contributed by atoms with van der Waals surface area (Å²) in [5, 5.41) is 8.12. The molecule has 0 bridgehead atoms. The fraction of sp³-hybridized carbons (Fsp3) is 0.314. The van der Waals surface area contributed by atoms with Crippen LogP contribution < -0.4 is 15.7 Å². The summed E-state index contributed by atoms with van der Waals surface area (Å²) >= 11 is 1.61. The van der Waals surface area contributed by atoms with Gasteiger partial charge in [-0.3, -0.25) is 4.57 Å². The Morgan fingerprint density at radius 3 is 2.33 bits per heavy atom. The second-order valence-electron chi connectivity index (χ2n) is 11.8. The zero-order valence-corrected chi connectivity index (χ0v) is 25.9. The van der Waals surface area contributed by atoms with Crippen LogP contribution in [0.2, 0.25) is 0 Å². The molecule has 0 amide bonds. The van der Waals surface area contributed by atoms with E-state index in [0.717, 1.165) is 42.9 Å². The normalized spacial score (nSPS) is 13.3. The van der Waals surface area contributed by atoms with Gasteiger partial charge in [-0.05, 0) is 83.2 Å². The fourth-order valence-corrected chi connectivity index (χ4v) is 5.76. The highest BCUT2D eigenvalue weighted by Gasteiger charge is 2.15. The molecule has 42 heavy (non-hydrogen) atoms. The maximum atomic E-state index is 13.1. The Kier molecular flexibility index (Phi) is 9.38. The van der Waals surface area contributed by atoms with Gasteiger partial charge in [0.05, 0.1) is 12.2 Å². The molecule has 0 atom stereocenters. The molecule has 1 aliphatic rings. The molecule has 1 aliphatic heterocycles. The van der Waals surface area contributed by atoms with Gasteiger partial charge in [0.1, 0.15) is 5.82 Å². The molecule has 0 saturated carbocycles. The SMILES string of the molecule is CCn1c(CCCc2ccc(C3=CC(NSc4ccccc4)=CNC3)cc2)nn(Cc2ccc(C(C)(C)C)cc2)c1=O. The van der Waals surface area contributed by atoms with Crippen LogP contribution in [0.1, 0.15) is 62.2 Å². The molecule has 0 fully saturated rings. The van der Waals surface area contributed by atoms with Gasteiger partial charge >= 0.3 is 5.69 Å². The van der Waals surface area contributed by atoms with Gasteiger partial charge in [0.15, 0.2) is 0 Å². The second kappa shape index (κ2) is 13.3. The largest absolute Gasteiger partial charge is 0.385 e. The number of benzene rings is 3. The summed E-state index contributed by atoms with van der Waals surface area (Å²) in [6, 6.07) is 27.7. The number of dihydropyridines is 1. The smallest absolute Gasteiger partial charge is 0.346 e. The summed E-state index contributed by atoms with van der Waals surface area (Å²) in [4.78, 5) is 14.2. The average Bonchev–Trinajstić information content (AvgIpc) is 3.30. The van der Waals surface area contributed by atoms with E-state index in [1.165, 1.54) is 27.2 Å². The van der Waals surface area contributed by atoms with E-state index in [0.29, 0.717) is 13.1 Å². The molecule has 218 valence electrons. The Hall–Kier alpha value is -3.97. The first-order chi connectivity index (χ1) is 20.3. The van der Waals surface area contributed by atoms with Gasteiger partial charge in [-0.2, -0.15) is 5.10 Å². The Bertz CT molecular complexity index is 1590. The van der Waals surface area contributed by atoms with Crippen molar-refractivity contribution in [2.45, 2.75) is 70.4 Å². The van der Waals surface area contributed by atoms with Crippen LogP contribution in [0.3, 0.4) is 0 Å². The lowest BCUT2D eigenvalue weighted by Gasteiger charge is -2.19. The Balaban J connectivity index is 1.16. The van der Waals surface area contributed by atoms with E-state index in [4.69, 9.17) is 5.10 Å². The minimum absolute atomic E-state index is 0.0313. The predicted molar refractivity (Wildman–Crippen MR) is 174 cm³/mol. The zero-order chi connectivity index (χ0) is 29.5. The van der Waals surface area contributed by atoms with E-state index in [1.807, 2.05) is 35.9 Å². The van der Waals surface area contributed by atoms with Crippen molar-refractivity contribution in [1.29, 1.82) is 0 Å². The second-order valence-corrected chi connectivity index (χ2v) is 12.6. The van der Waals surface area contributed by atoms with E-state index < -0.39 is 0 Å². The number of hydrogen-bond donors (Lipinski definition) is 2. The van der Waals surface area contributed by atoms with Gasteiger partial charge in [0.2, 0.25) is 0 Å². The first-order valence-corrected chi connectivity index (χ1v) is 15.6. The van der Waals surface area contributed by atoms with Gasteiger partial charge in [-0.25, -0.2) is 9.48 Å². The van der Waals surface area contributed by atoms with Crippen LogP contribution in [-0.4, -0.2) is 20.9 Å². The lowest BCUT2D eigenvalue weighted by Crippen LogP contribution is -2.25. The van der Waals surface area contributed by atoms with E-state index in [1.54, 1.807) is 16.6 Å². The number of rotatable bonds is 11. The summed E-state index contributed by atoms with van der Waals surface area (Å²) in [6.45, 7) is 10.6. The number of nitrogens with one attached hydrogen (secondary N) is 2. The highest BCUT2D eigenvalue weighted by atomic mass is 32.2. The number of allylic oxidation sites excluding steroid dienone is 1. The predicted octanol–water partition coefficient (Wildman–Crippen LogP) is 6.71. The highest BCUT2D eigenvalue weighted by Crippen LogP contribution is 2.23. The molecule has 0 aliphatic carbocycles. The molecule has 0 radical (unpaired) electrons. The van der Waals surface area contributed by atoms with Crippen molar-refractivity contribution < 1.29 is 0 Å². The van der Waals surface area contributed by atoms with Gasteiger partial charge in [0.25, 0.3) is 0 Å². The first kappa shape index (κ1) is 29.5. The molecule has 6 nitrogen and oxygen atoms in total. The van der Waals surface area contributed by atoms with Crippen molar-refractivity contribution in [3.63, 3.8) is 0 Å². The summed E-state index contributed by atoms with van der Waals surface area (Å²) in [7, 11) is 0. The lowest BCUT2D eigenvalue weighted by atomic mass is 9.87. The van der Waals surface area contributed by atoms with Crippen molar-refractivity contribution in [3.05, 3.63) is 135 Å². The summed E-state index contributed by atoms with van der Waals surface area (Å²) < 4.78 is 6.86. The van der Waals surface area contributed by atoms with Crippen LogP contribution in [0.4, 0.5) is 0 Å². The minimum Gasteiger partial charge on any atom is -0.385 e. The van der Waals surface area contributed by atoms with Crippen molar-refractivity contribution >= 4 is 17.5 Å². The number of aromatic nitrogens is 3. The van der Waals surface area contributed by atoms with Gasteiger partial charge in [-0.1, -0.05) is 87.5 Å². The van der Waals surface area contributed by atoms with E-state index >= 15 is 0 Å². The quantitative estimate of drug-likeness (QED) is 0.193. The van der Waals surface area contributed by atoms with E-state index in [2.05, 4.69) is 97.5 Å². The van der Waals surface area contributed by atoms with Gasteiger partial charge < -0.3 is 10.0 Å². The molecular formula is C35H41N5OS. The number of nitrogens with zero attached hydrogens (tertiary/aromatic N) is 3. The first-order valence-electron chi connectivity index (χ1n) is 14.8. The molecule has 0 saturated heterocycles. The van der Waals surface area contributed by atoms with E-state index in [-0.39, 0.29) is 11.1 Å². The Morgan fingerprint density at radius 2 is 1.64 bits per heavy atom. The summed E-state index contributed by atoms with van der Waals surface area (Å²) in [5.74, 6) is 0.865. The molecule has 4 aromatic rings. The van der Waals surface area contributed by atoms with Crippen LogP contribution in [0, 0.1) is 0 Å². The molecule has 2 heterocycles. The molecule has 2 N–H and O–H groups in total. The summed E-state index contributed by atoms with van der Waals surface area (Å²) in [6.07, 6.45) is 6.88. The molecule has 5 rings (SSSR count). The molecule has 1 aromatic heterocycles. The Labute approximate surface area is 253 Å². The van der Waals surface area contributed by atoms with Crippen LogP contribution in [0.15, 0.2) is 107 Å². The van der Waals surface area contributed by atoms with Crippen molar-refractivity contribution in [1.82, 2.24) is 24.4 Å². The monoisotopic (exact) mass is 579 g/mol. The highest BCUT2D eigenvalue weighted by molar-refractivity contribution is 7.97. The topological polar surface area (TPSA) is 63.9 Å². The molecule has 0 spiro atoms. The maximum Gasteiger partial charge on any atom is 0.346 e. The third kappa shape index (κ3) is 7.45. The molecule has 0 unspecified atom stereocenters. The van der Waals surface area contributed by atoms with Crippen LogP contribution in [0.5, 0.6) is 0 Å². The third-order valence-electron chi connectivity index (χ3n) is 7.57. The molecule has 3 aromatic carbocycles. The van der Waals surface area contributed by atoms with Gasteiger partial charge in [-0.15, -0.1) is 0 Å². The number of hydrogen-bond acceptors (Lipinski definition) is 5. The zero-order valence-electron chi connectivity index (χ0n) is 25.1. The van der Waals surface area contributed by atoms with Crippen LogP contribution in [0.25, 0.3) is 5.57 Å². The van der Waals surface area contributed by atoms with Crippen molar-refractivity contribution in [2.24, 2.45) is 0 Å².